The largest absolute Gasteiger partial charge is 0.391 e. The van der Waals surface area contributed by atoms with Gasteiger partial charge < -0.3 is 10.4 Å². The number of amides is 2. The van der Waals surface area contributed by atoms with Crippen LogP contribution in [0.2, 0.25) is 0 Å². The van der Waals surface area contributed by atoms with Crippen LogP contribution < -0.4 is 15.2 Å². The maximum Gasteiger partial charge on any atom is 0.343 e. The highest BCUT2D eigenvalue weighted by Crippen LogP contribution is 2.38. The minimum Gasteiger partial charge on any atom is -0.391 e. The van der Waals surface area contributed by atoms with Crippen LogP contribution >= 0.6 is 0 Å². The molecule has 3 N–H and O–H groups in total. The van der Waals surface area contributed by atoms with Gasteiger partial charge in [-0.1, -0.05) is 18.9 Å². The van der Waals surface area contributed by atoms with Gasteiger partial charge in [0.05, 0.1) is 18.8 Å². The second-order valence-corrected chi connectivity index (χ2v) is 9.30. The van der Waals surface area contributed by atoms with Crippen LogP contribution in [0.15, 0.2) is 35.4 Å². The van der Waals surface area contributed by atoms with Crippen molar-refractivity contribution in [2.24, 2.45) is 0 Å². The molecule has 1 aliphatic carbocycles. The molecule has 1 unspecified atom stereocenters. The second kappa shape index (κ2) is 9.29. The average Bonchev–Trinajstić information content (AvgIpc) is 3.30. The van der Waals surface area contributed by atoms with Crippen molar-refractivity contribution in [3.63, 3.8) is 0 Å². The standard InChI is InChI=1S/C21H29N6O3S/c1-3-26-21(29)25(2)18-14-22-20(24-19(18)27(26)16-8-4-5-9-16)23-15-7-6-10-17(13-15)31(30)12-11-28/h6-7,10,13-14,16,28,30H,3-5,8-9,11-12H2,1-2H3,(H,22,23,24)/q+1. The molecule has 2 heterocycles. The fourth-order valence-corrected chi connectivity index (χ4v) is 5.08. The number of benzene rings is 1. The minimum atomic E-state index is -1.02. The summed E-state index contributed by atoms with van der Waals surface area (Å²) in [5, 5.41) is 16.1. The Labute approximate surface area is 185 Å². The topological polar surface area (TPSA) is 105 Å². The van der Waals surface area contributed by atoms with E-state index in [0.717, 1.165) is 42.1 Å². The number of carbonyl (C=O) groups excluding carboxylic acids is 1. The molecule has 1 atom stereocenters. The third kappa shape index (κ3) is 4.28. The Balaban J connectivity index is 1.66. The number of nitrogens with one attached hydrogen (secondary N) is 1. The van der Waals surface area contributed by atoms with Gasteiger partial charge >= 0.3 is 6.03 Å². The monoisotopic (exact) mass is 445 g/mol. The van der Waals surface area contributed by atoms with Gasteiger partial charge in [-0.3, -0.25) is 9.91 Å². The maximum absolute atomic E-state index is 12.9. The van der Waals surface area contributed by atoms with Gasteiger partial charge in [-0.25, -0.2) is 14.8 Å². The summed E-state index contributed by atoms with van der Waals surface area (Å²) in [6, 6.07) is 7.57. The maximum atomic E-state index is 12.9. The van der Waals surface area contributed by atoms with E-state index in [4.69, 9.17) is 10.1 Å². The minimum absolute atomic E-state index is 0.0671. The van der Waals surface area contributed by atoms with E-state index in [1.165, 1.54) is 0 Å². The molecule has 0 radical (unpaired) electrons. The van der Waals surface area contributed by atoms with Gasteiger partial charge in [-0.15, -0.1) is 0 Å². The Hall–Kier alpha value is -2.56. The number of urea groups is 1. The van der Waals surface area contributed by atoms with Gasteiger partial charge in [0, 0.05) is 25.3 Å². The van der Waals surface area contributed by atoms with Crippen LogP contribution in [0.25, 0.3) is 0 Å². The molecule has 1 saturated carbocycles. The molecular weight excluding hydrogens is 416 g/mol. The first-order valence-corrected chi connectivity index (χ1v) is 12.0. The zero-order chi connectivity index (χ0) is 22.0. The zero-order valence-electron chi connectivity index (χ0n) is 17.9. The lowest BCUT2D eigenvalue weighted by Gasteiger charge is -2.45. The second-order valence-electron chi connectivity index (χ2n) is 7.69. The Bertz CT molecular complexity index is 939. The van der Waals surface area contributed by atoms with E-state index in [9.17, 15) is 9.35 Å². The number of anilines is 4. The zero-order valence-corrected chi connectivity index (χ0v) is 18.7. The van der Waals surface area contributed by atoms with E-state index in [2.05, 4.69) is 15.3 Å². The first kappa shape index (κ1) is 21.7. The number of fused-ring (bicyclic) bond motifs is 1. The molecule has 2 aliphatic rings. The van der Waals surface area contributed by atoms with Crippen molar-refractivity contribution in [2.75, 3.05) is 41.2 Å². The quantitative estimate of drug-likeness (QED) is 0.562. The number of aliphatic hydroxyl groups is 1. The van der Waals surface area contributed by atoms with Crippen molar-refractivity contribution >= 4 is 40.3 Å². The van der Waals surface area contributed by atoms with E-state index in [1.807, 2.05) is 31.2 Å². The molecule has 1 aliphatic heterocycles. The molecule has 166 valence electrons. The lowest BCUT2D eigenvalue weighted by atomic mass is 10.2. The van der Waals surface area contributed by atoms with Crippen LogP contribution in [0.3, 0.4) is 0 Å². The van der Waals surface area contributed by atoms with Gasteiger partial charge in [-0.05, 0) is 31.9 Å². The van der Waals surface area contributed by atoms with E-state index in [-0.39, 0.29) is 18.7 Å². The molecular formula is C21H29N6O3S+. The Morgan fingerprint density at radius 3 is 2.77 bits per heavy atom. The predicted octanol–water partition coefficient (Wildman–Crippen LogP) is 3.22. The van der Waals surface area contributed by atoms with E-state index < -0.39 is 11.2 Å². The van der Waals surface area contributed by atoms with Crippen LogP contribution in [0.4, 0.5) is 27.9 Å². The molecule has 0 spiro atoms. The smallest absolute Gasteiger partial charge is 0.343 e. The van der Waals surface area contributed by atoms with Gasteiger partial charge in [0.15, 0.2) is 27.6 Å². The van der Waals surface area contributed by atoms with Gasteiger partial charge in [0.1, 0.15) is 5.69 Å². The van der Waals surface area contributed by atoms with Crippen molar-refractivity contribution in [3.05, 3.63) is 30.5 Å². The first-order valence-electron chi connectivity index (χ1n) is 10.6. The predicted molar refractivity (Wildman–Crippen MR) is 123 cm³/mol. The molecule has 4 rings (SSSR count). The number of aliphatic hydroxyl groups excluding tert-OH is 1. The normalized spacial score (nSPS) is 17.8. The molecule has 2 aromatic rings. The molecule has 1 fully saturated rings. The van der Waals surface area contributed by atoms with Crippen molar-refractivity contribution in [1.29, 1.82) is 0 Å². The van der Waals surface area contributed by atoms with Crippen molar-refractivity contribution in [2.45, 2.75) is 43.5 Å². The molecule has 0 saturated heterocycles. The van der Waals surface area contributed by atoms with E-state index >= 15 is 0 Å². The Morgan fingerprint density at radius 2 is 2.06 bits per heavy atom. The highest BCUT2D eigenvalue weighted by atomic mass is 32.2. The molecule has 0 bridgehead atoms. The number of carbonyl (C=O) groups is 1. The number of aromatic nitrogens is 2. The molecule has 2 amide bonds. The van der Waals surface area contributed by atoms with Crippen LogP contribution in [0, 0.1) is 0 Å². The van der Waals surface area contributed by atoms with Crippen LogP contribution in [-0.2, 0) is 11.2 Å². The van der Waals surface area contributed by atoms with Gasteiger partial charge in [0.25, 0.3) is 0 Å². The highest BCUT2D eigenvalue weighted by Gasteiger charge is 2.39. The number of hydrogen-bond donors (Lipinski definition) is 3. The summed E-state index contributed by atoms with van der Waals surface area (Å²) in [7, 11) is 1.75. The molecule has 10 heteroatoms. The first-order chi connectivity index (χ1) is 15.0. The molecule has 31 heavy (non-hydrogen) atoms. The van der Waals surface area contributed by atoms with Gasteiger partial charge in [-0.2, -0.15) is 9.54 Å². The van der Waals surface area contributed by atoms with E-state index in [0.29, 0.717) is 23.9 Å². The number of hydrogen-bond acceptors (Lipinski definition) is 7. The molecule has 1 aromatic heterocycles. The number of rotatable bonds is 7. The fourth-order valence-electron chi connectivity index (χ4n) is 4.17. The van der Waals surface area contributed by atoms with Gasteiger partial charge in [0.2, 0.25) is 5.95 Å². The Kier molecular flexibility index (Phi) is 6.49. The lowest BCUT2D eigenvalue weighted by Crippen LogP contribution is -2.59. The van der Waals surface area contributed by atoms with Crippen molar-refractivity contribution in [3.8, 4) is 0 Å². The summed E-state index contributed by atoms with van der Waals surface area (Å²) >= 11 is -1.02. The summed E-state index contributed by atoms with van der Waals surface area (Å²) in [6.07, 6.45) is 6.05. The Morgan fingerprint density at radius 1 is 1.29 bits per heavy atom. The highest BCUT2D eigenvalue weighted by molar-refractivity contribution is 7.91. The summed E-state index contributed by atoms with van der Waals surface area (Å²) in [4.78, 5) is 24.5. The summed E-state index contributed by atoms with van der Waals surface area (Å²) in [5.41, 5.74) is 1.45. The number of nitrogens with zero attached hydrogens (tertiary/aromatic N) is 5. The van der Waals surface area contributed by atoms with Crippen LogP contribution in [0.5, 0.6) is 0 Å². The van der Waals surface area contributed by atoms with Crippen LogP contribution in [-0.4, -0.2) is 62.7 Å². The lowest BCUT2D eigenvalue weighted by molar-refractivity contribution is 0.191. The number of hydrazine groups is 1. The van der Waals surface area contributed by atoms with Crippen molar-refractivity contribution < 1.29 is 14.5 Å². The SMILES string of the molecule is CCN1C(=O)N(C)c2cnc(Nc3cccc([S+](O)CCO)c3)nc2N1C1CCCC1. The summed E-state index contributed by atoms with van der Waals surface area (Å²) < 4.78 is 10.2. The summed E-state index contributed by atoms with van der Waals surface area (Å²) in [6.45, 7) is 2.48. The molecule has 1 aromatic carbocycles. The van der Waals surface area contributed by atoms with E-state index in [1.54, 1.807) is 23.2 Å². The molecule has 9 nitrogen and oxygen atoms in total. The fraction of sp³-hybridized carbons (Fsp3) is 0.476. The third-order valence-corrected chi connectivity index (χ3v) is 7.08. The summed E-state index contributed by atoms with van der Waals surface area (Å²) in [5.74, 6) is 1.46. The van der Waals surface area contributed by atoms with Crippen molar-refractivity contribution in [1.82, 2.24) is 15.0 Å². The average molecular weight is 446 g/mol. The third-order valence-electron chi connectivity index (χ3n) is 5.71. The van der Waals surface area contributed by atoms with Crippen LogP contribution in [0.1, 0.15) is 32.6 Å².